The van der Waals surface area contributed by atoms with Crippen molar-refractivity contribution in [3.05, 3.63) is 53.6 Å². The van der Waals surface area contributed by atoms with Gasteiger partial charge in [0.05, 0.1) is 0 Å². The van der Waals surface area contributed by atoms with Gasteiger partial charge in [-0.25, -0.2) is 9.97 Å². The fraction of sp³-hybridized carbons (Fsp3) is 0.231. The number of hydrogen-bond donors (Lipinski definition) is 0. The Morgan fingerprint density at radius 2 is 1.81 bits per heavy atom. The lowest BCUT2D eigenvalue weighted by atomic mass is 10.1. The summed E-state index contributed by atoms with van der Waals surface area (Å²) in [5.74, 6) is 1.59. The van der Waals surface area contributed by atoms with Gasteiger partial charge in [0, 0.05) is 12.4 Å². The van der Waals surface area contributed by atoms with Crippen LogP contribution in [0.5, 0.6) is 5.75 Å². The molecule has 0 unspecified atom stereocenters. The first-order valence-corrected chi connectivity index (χ1v) is 5.22. The van der Waals surface area contributed by atoms with Crippen LogP contribution in [0, 0.1) is 13.8 Å². The molecule has 1 aromatic carbocycles. The van der Waals surface area contributed by atoms with Crippen molar-refractivity contribution in [1.82, 2.24) is 9.97 Å². The molecule has 0 fully saturated rings. The maximum atomic E-state index is 5.68. The van der Waals surface area contributed by atoms with Crippen LogP contribution in [0.2, 0.25) is 0 Å². The summed E-state index contributed by atoms with van der Waals surface area (Å²) in [4.78, 5) is 8.22. The van der Waals surface area contributed by atoms with Crippen LogP contribution in [0.3, 0.4) is 0 Å². The molecule has 2 rings (SSSR count). The van der Waals surface area contributed by atoms with Crippen LogP contribution in [-0.4, -0.2) is 9.97 Å². The van der Waals surface area contributed by atoms with E-state index >= 15 is 0 Å². The molecule has 0 N–H and O–H groups in total. The van der Waals surface area contributed by atoms with E-state index in [0.717, 1.165) is 5.75 Å². The summed E-state index contributed by atoms with van der Waals surface area (Å²) in [7, 11) is 0. The molecular weight excluding hydrogens is 200 g/mol. The van der Waals surface area contributed by atoms with E-state index < -0.39 is 0 Å². The molecule has 16 heavy (non-hydrogen) atoms. The van der Waals surface area contributed by atoms with Gasteiger partial charge in [-0.1, -0.05) is 12.1 Å². The first kappa shape index (κ1) is 10.6. The van der Waals surface area contributed by atoms with Crippen LogP contribution in [0.25, 0.3) is 0 Å². The predicted octanol–water partition coefficient (Wildman–Crippen LogP) is 2.67. The summed E-state index contributed by atoms with van der Waals surface area (Å²) in [5, 5.41) is 0. The van der Waals surface area contributed by atoms with Gasteiger partial charge < -0.3 is 4.74 Å². The Balaban J connectivity index is 2.08. The van der Waals surface area contributed by atoms with E-state index in [1.165, 1.54) is 11.1 Å². The molecule has 1 heterocycles. The average Bonchev–Trinajstić information content (AvgIpc) is 2.32. The van der Waals surface area contributed by atoms with Crippen LogP contribution in [-0.2, 0) is 6.61 Å². The summed E-state index contributed by atoms with van der Waals surface area (Å²) in [6.45, 7) is 4.53. The summed E-state index contributed by atoms with van der Waals surface area (Å²) < 4.78 is 5.68. The number of benzene rings is 1. The lowest BCUT2D eigenvalue weighted by Gasteiger charge is -2.09. The van der Waals surface area contributed by atoms with Crippen molar-refractivity contribution in [2.45, 2.75) is 20.5 Å². The number of rotatable bonds is 3. The minimum atomic E-state index is 0.408. The maximum absolute atomic E-state index is 5.68. The minimum absolute atomic E-state index is 0.408. The lowest BCUT2D eigenvalue weighted by molar-refractivity contribution is 0.293. The highest BCUT2D eigenvalue weighted by Crippen LogP contribution is 2.20. The van der Waals surface area contributed by atoms with Gasteiger partial charge in [-0.2, -0.15) is 0 Å². The minimum Gasteiger partial charge on any atom is -0.485 e. The normalized spacial score (nSPS) is 10.1. The zero-order valence-corrected chi connectivity index (χ0v) is 9.47. The van der Waals surface area contributed by atoms with Crippen LogP contribution < -0.4 is 4.74 Å². The molecule has 0 saturated carbocycles. The van der Waals surface area contributed by atoms with Crippen molar-refractivity contribution in [2.24, 2.45) is 0 Å². The molecule has 3 heteroatoms. The average molecular weight is 214 g/mol. The highest BCUT2D eigenvalue weighted by molar-refractivity contribution is 5.38. The number of aryl methyl sites for hydroxylation is 1. The van der Waals surface area contributed by atoms with Crippen LogP contribution in [0.1, 0.15) is 17.0 Å². The number of hydrogen-bond acceptors (Lipinski definition) is 3. The quantitative estimate of drug-likeness (QED) is 0.787. The van der Waals surface area contributed by atoms with E-state index in [-0.39, 0.29) is 0 Å². The maximum Gasteiger partial charge on any atom is 0.166 e. The van der Waals surface area contributed by atoms with Gasteiger partial charge >= 0.3 is 0 Å². The largest absolute Gasteiger partial charge is 0.485 e. The van der Waals surface area contributed by atoms with E-state index in [9.17, 15) is 0 Å². The van der Waals surface area contributed by atoms with Crippen LogP contribution in [0.4, 0.5) is 0 Å². The Bertz CT molecular complexity index is 469. The standard InChI is InChI=1S/C13H14N2O/c1-10-5-3-6-12(11(10)2)16-9-13-14-7-4-8-15-13/h3-8H,9H2,1-2H3. The van der Waals surface area contributed by atoms with Crippen LogP contribution in [0.15, 0.2) is 36.7 Å². The van der Waals surface area contributed by atoms with Crippen molar-refractivity contribution in [3.63, 3.8) is 0 Å². The molecule has 0 aliphatic rings. The summed E-state index contributed by atoms with van der Waals surface area (Å²) >= 11 is 0. The van der Waals surface area contributed by atoms with Gasteiger partial charge in [0.25, 0.3) is 0 Å². The van der Waals surface area contributed by atoms with Crippen molar-refractivity contribution >= 4 is 0 Å². The van der Waals surface area contributed by atoms with Crippen LogP contribution >= 0.6 is 0 Å². The fourth-order valence-corrected chi connectivity index (χ4v) is 1.43. The van der Waals surface area contributed by atoms with Crippen molar-refractivity contribution in [1.29, 1.82) is 0 Å². The highest BCUT2D eigenvalue weighted by atomic mass is 16.5. The molecule has 0 bridgehead atoms. The third-order valence-electron chi connectivity index (χ3n) is 2.53. The van der Waals surface area contributed by atoms with E-state index in [0.29, 0.717) is 12.4 Å². The summed E-state index contributed by atoms with van der Waals surface area (Å²) in [5.41, 5.74) is 2.39. The van der Waals surface area contributed by atoms with Crippen molar-refractivity contribution in [3.8, 4) is 5.75 Å². The second kappa shape index (κ2) is 4.75. The monoisotopic (exact) mass is 214 g/mol. The van der Waals surface area contributed by atoms with E-state index in [1.54, 1.807) is 18.5 Å². The summed E-state index contributed by atoms with van der Waals surface area (Å²) in [6, 6.07) is 7.82. The SMILES string of the molecule is Cc1cccc(OCc2ncccn2)c1C. The number of aromatic nitrogens is 2. The molecule has 0 amide bonds. The third-order valence-corrected chi connectivity index (χ3v) is 2.53. The second-order valence-corrected chi connectivity index (χ2v) is 3.65. The molecule has 82 valence electrons. The van der Waals surface area contributed by atoms with E-state index in [4.69, 9.17) is 4.74 Å². The molecular formula is C13H14N2O. The number of nitrogens with zero attached hydrogens (tertiary/aromatic N) is 2. The first-order chi connectivity index (χ1) is 7.77. The Hall–Kier alpha value is -1.90. The Labute approximate surface area is 95.1 Å². The smallest absolute Gasteiger partial charge is 0.166 e. The Morgan fingerprint density at radius 3 is 2.56 bits per heavy atom. The Kier molecular flexibility index (Phi) is 3.15. The zero-order chi connectivity index (χ0) is 11.4. The van der Waals surface area contributed by atoms with E-state index in [2.05, 4.69) is 29.9 Å². The number of ether oxygens (including phenoxy) is 1. The predicted molar refractivity (Wildman–Crippen MR) is 62.3 cm³/mol. The summed E-state index contributed by atoms with van der Waals surface area (Å²) in [6.07, 6.45) is 3.43. The zero-order valence-electron chi connectivity index (χ0n) is 9.47. The second-order valence-electron chi connectivity index (χ2n) is 3.65. The molecule has 2 aromatic rings. The molecule has 0 radical (unpaired) electrons. The van der Waals surface area contributed by atoms with Gasteiger partial charge in [0.1, 0.15) is 12.4 Å². The molecule has 3 nitrogen and oxygen atoms in total. The highest BCUT2D eigenvalue weighted by Gasteiger charge is 2.02. The first-order valence-electron chi connectivity index (χ1n) is 5.22. The fourth-order valence-electron chi connectivity index (χ4n) is 1.43. The molecule has 0 atom stereocenters. The van der Waals surface area contributed by atoms with Gasteiger partial charge in [-0.05, 0) is 37.1 Å². The lowest BCUT2D eigenvalue weighted by Crippen LogP contribution is -2.01. The Morgan fingerprint density at radius 1 is 1.06 bits per heavy atom. The topological polar surface area (TPSA) is 35.0 Å². The molecule has 0 aliphatic heterocycles. The molecule has 0 spiro atoms. The van der Waals surface area contributed by atoms with Crippen molar-refractivity contribution in [2.75, 3.05) is 0 Å². The molecule has 0 aliphatic carbocycles. The molecule has 0 saturated heterocycles. The molecule has 1 aromatic heterocycles. The van der Waals surface area contributed by atoms with Gasteiger partial charge in [0.15, 0.2) is 5.82 Å². The van der Waals surface area contributed by atoms with E-state index in [1.807, 2.05) is 12.1 Å². The van der Waals surface area contributed by atoms with Crippen molar-refractivity contribution < 1.29 is 4.74 Å². The van der Waals surface area contributed by atoms with Gasteiger partial charge in [-0.3, -0.25) is 0 Å². The third kappa shape index (κ3) is 2.37. The van der Waals surface area contributed by atoms with Gasteiger partial charge in [-0.15, -0.1) is 0 Å². The van der Waals surface area contributed by atoms with Gasteiger partial charge in [0.2, 0.25) is 0 Å².